The fourth-order valence-electron chi connectivity index (χ4n) is 9.33. The molecule has 0 atom stereocenters. The van der Waals surface area contributed by atoms with Gasteiger partial charge >= 0.3 is 0 Å². The summed E-state index contributed by atoms with van der Waals surface area (Å²) in [6.07, 6.45) is 0. The molecule has 0 unspecified atom stereocenters. The van der Waals surface area contributed by atoms with Gasteiger partial charge in [-0.25, -0.2) is 15.0 Å². The van der Waals surface area contributed by atoms with E-state index < -0.39 is 0 Å². The second-order valence-corrected chi connectivity index (χ2v) is 16.5. The Bertz CT molecular complexity index is 3900. The molecule has 0 spiro atoms. The van der Waals surface area contributed by atoms with Crippen molar-refractivity contribution in [2.75, 3.05) is 0 Å². The third kappa shape index (κ3) is 5.00. The maximum absolute atomic E-state index is 6.52. The van der Waals surface area contributed by atoms with Crippen LogP contribution in [0.3, 0.4) is 0 Å². The lowest BCUT2D eigenvalue weighted by molar-refractivity contribution is 0.669. The summed E-state index contributed by atoms with van der Waals surface area (Å²) in [5.74, 6) is 1.78. The number of nitrogens with zero attached hydrogens (tertiary/aromatic N) is 3. The van der Waals surface area contributed by atoms with Gasteiger partial charge in [0.05, 0.1) is 5.56 Å². The third-order valence-corrected chi connectivity index (χ3v) is 13.2. The van der Waals surface area contributed by atoms with Crippen molar-refractivity contribution in [2.24, 2.45) is 0 Å². The van der Waals surface area contributed by atoms with E-state index >= 15 is 0 Å². The van der Waals surface area contributed by atoms with E-state index in [2.05, 4.69) is 146 Å². The molecule has 0 bridgehead atoms. The normalized spacial score (nSPS) is 12.0. The van der Waals surface area contributed by atoms with Gasteiger partial charge in [0, 0.05) is 47.5 Å². The topological polar surface area (TPSA) is 51.8 Å². The Balaban J connectivity index is 1.08. The lowest BCUT2D eigenvalue weighted by Gasteiger charge is -2.14. The molecule has 13 aromatic rings. The lowest BCUT2D eigenvalue weighted by Crippen LogP contribution is -2.01. The average Bonchev–Trinajstić information content (AvgIpc) is 3.90. The number of para-hydroxylation sites is 2. The summed E-state index contributed by atoms with van der Waals surface area (Å²) in [5, 5.41) is 14.5. The molecule has 5 heteroatoms. The van der Waals surface area contributed by atoms with Crippen LogP contribution in [-0.2, 0) is 0 Å². The van der Waals surface area contributed by atoms with Gasteiger partial charge in [-0.2, -0.15) is 0 Å². The van der Waals surface area contributed by atoms with Gasteiger partial charge in [0.1, 0.15) is 11.2 Å². The first-order chi connectivity index (χ1) is 29.7. The molecule has 0 fully saturated rings. The van der Waals surface area contributed by atoms with E-state index in [9.17, 15) is 0 Å². The van der Waals surface area contributed by atoms with Gasteiger partial charge < -0.3 is 4.42 Å². The summed E-state index contributed by atoms with van der Waals surface area (Å²) >= 11 is 1.89. The molecule has 10 aromatic carbocycles. The highest BCUT2D eigenvalue weighted by Gasteiger charge is 2.21. The molecule has 0 radical (unpaired) electrons. The SMILES string of the molecule is c1ccc(-c2nc(-c3cc(-c4cc5sc6c(ccc7ccc8ccccc8c76)c5c5ccccc45)cc4ccccc34)nc(-c3cccc4c3oc3ccccc34)n2)cc1. The number of rotatable bonds is 4. The maximum atomic E-state index is 6.52. The van der Waals surface area contributed by atoms with E-state index in [4.69, 9.17) is 19.4 Å². The molecule has 278 valence electrons. The molecular weight excluding hydrogens is 751 g/mol. The monoisotopic (exact) mass is 781 g/mol. The fourth-order valence-corrected chi connectivity index (χ4v) is 10.7. The molecule has 0 aliphatic rings. The first-order valence-electron chi connectivity index (χ1n) is 20.2. The summed E-state index contributed by atoms with van der Waals surface area (Å²) in [7, 11) is 0. The lowest BCUT2D eigenvalue weighted by atomic mass is 9.91. The Kier molecular flexibility index (Phi) is 7.14. The molecule has 13 rings (SSSR count). The predicted octanol–water partition coefficient (Wildman–Crippen LogP) is 15.4. The average molecular weight is 782 g/mol. The van der Waals surface area contributed by atoms with Crippen molar-refractivity contribution in [1.29, 1.82) is 0 Å². The first-order valence-corrected chi connectivity index (χ1v) is 21.0. The highest BCUT2D eigenvalue weighted by molar-refractivity contribution is 7.27. The Morgan fingerprint density at radius 1 is 0.350 bits per heavy atom. The van der Waals surface area contributed by atoms with Crippen LogP contribution in [0.25, 0.3) is 130 Å². The van der Waals surface area contributed by atoms with Crippen molar-refractivity contribution in [3.8, 4) is 45.3 Å². The summed E-state index contributed by atoms with van der Waals surface area (Å²) in [5.41, 5.74) is 6.57. The zero-order chi connectivity index (χ0) is 39.3. The maximum Gasteiger partial charge on any atom is 0.167 e. The van der Waals surface area contributed by atoms with Crippen molar-refractivity contribution in [3.63, 3.8) is 0 Å². The molecule has 0 amide bonds. The van der Waals surface area contributed by atoms with Gasteiger partial charge in [-0.15, -0.1) is 11.3 Å². The first kappa shape index (κ1) is 33.3. The van der Waals surface area contributed by atoms with Gasteiger partial charge in [0.2, 0.25) is 0 Å². The fraction of sp³-hybridized carbons (Fsp3) is 0. The van der Waals surface area contributed by atoms with Crippen LogP contribution in [0.2, 0.25) is 0 Å². The number of fused-ring (bicyclic) bond motifs is 13. The Hall–Kier alpha value is -7.73. The van der Waals surface area contributed by atoms with Gasteiger partial charge in [0.15, 0.2) is 17.5 Å². The minimum Gasteiger partial charge on any atom is -0.455 e. The highest BCUT2D eigenvalue weighted by Crippen LogP contribution is 2.47. The van der Waals surface area contributed by atoms with Crippen molar-refractivity contribution in [1.82, 2.24) is 15.0 Å². The van der Waals surface area contributed by atoms with Crippen molar-refractivity contribution in [3.05, 3.63) is 188 Å². The third-order valence-electron chi connectivity index (χ3n) is 12.1. The van der Waals surface area contributed by atoms with Crippen LogP contribution in [0.15, 0.2) is 192 Å². The second kappa shape index (κ2) is 12.9. The van der Waals surface area contributed by atoms with E-state index in [-0.39, 0.29) is 0 Å². The van der Waals surface area contributed by atoms with Crippen molar-refractivity contribution < 1.29 is 4.42 Å². The molecule has 4 nitrogen and oxygen atoms in total. The number of benzene rings is 10. The Labute approximate surface area is 347 Å². The molecule has 0 saturated heterocycles. The number of aromatic nitrogens is 3. The molecule has 0 aliphatic heterocycles. The van der Waals surface area contributed by atoms with Gasteiger partial charge in [-0.3, -0.25) is 0 Å². The molecule has 3 aromatic heterocycles. The van der Waals surface area contributed by atoms with Gasteiger partial charge in [0.25, 0.3) is 0 Å². The van der Waals surface area contributed by atoms with Crippen LogP contribution in [0.1, 0.15) is 0 Å². The predicted molar refractivity (Wildman–Crippen MR) is 252 cm³/mol. The quantitative estimate of drug-likeness (QED) is 0.167. The van der Waals surface area contributed by atoms with Gasteiger partial charge in [-0.1, -0.05) is 158 Å². The molecule has 0 N–H and O–H groups in total. The summed E-state index contributed by atoms with van der Waals surface area (Å²) in [4.78, 5) is 15.7. The summed E-state index contributed by atoms with van der Waals surface area (Å²) < 4.78 is 9.11. The number of thiophene rings is 1. The summed E-state index contributed by atoms with van der Waals surface area (Å²) in [6, 6.07) is 66.8. The van der Waals surface area contributed by atoms with E-state index in [0.717, 1.165) is 55.0 Å². The number of hydrogen-bond donors (Lipinski definition) is 0. The molecule has 0 aliphatic carbocycles. The summed E-state index contributed by atoms with van der Waals surface area (Å²) in [6.45, 7) is 0. The molecule has 3 heterocycles. The van der Waals surface area contributed by atoms with Crippen LogP contribution in [0.5, 0.6) is 0 Å². The second-order valence-electron chi connectivity index (χ2n) is 15.5. The number of hydrogen-bond acceptors (Lipinski definition) is 5. The zero-order valence-corrected chi connectivity index (χ0v) is 32.9. The smallest absolute Gasteiger partial charge is 0.167 e. The molecule has 0 saturated carbocycles. The van der Waals surface area contributed by atoms with Gasteiger partial charge in [-0.05, 0) is 79.2 Å². The van der Waals surface area contributed by atoms with Crippen LogP contribution >= 0.6 is 11.3 Å². The standard InChI is InChI=1S/C55H31N3OS/c1-2-14-34(15-3-1)53-56-54(44-23-12-22-42-40-20-10-11-24-47(40)59-51(42)44)58-55(57-53)46-30-36(29-35-16-5-6-17-37(35)46)45-31-48-50(41-21-9-8-19-39(41)45)43-28-27-33-26-25-32-13-4-7-18-38(32)49(33)52(43)60-48/h1-31H. The van der Waals surface area contributed by atoms with Crippen LogP contribution in [0, 0.1) is 0 Å². The van der Waals surface area contributed by atoms with Crippen molar-refractivity contribution in [2.45, 2.75) is 0 Å². The minimum atomic E-state index is 0.565. The van der Waals surface area contributed by atoms with Crippen LogP contribution in [-0.4, -0.2) is 15.0 Å². The minimum absolute atomic E-state index is 0.565. The molecule has 60 heavy (non-hydrogen) atoms. The van der Waals surface area contributed by atoms with Crippen LogP contribution < -0.4 is 0 Å². The molecular formula is C55H31N3OS. The highest BCUT2D eigenvalue weighted by atomic mass is 32.1. The van der Waals surface area contributed by atoms with Crippen molar-refractivity contribution >= 4 is 96.5 Å². The zero-order valence-electron chi connectivity index (χ0n) is 32.1. The van der Waals surface area contributed by atoms with E-state index in [1.165, 1.54) is 58.1 Å². The Morgan fingerprint density at radius 3 is 1.87 bits per heavy atom. The van der Waals surface area contributed by atoms with Crippen LogP contribution in [0.4, 0.5) is 0 Å². The van der Waals surface area contributed by atoms with E-state index in [0.29, 0.717) is 17.5 Å². The Morgan fingerprint density at radius 2 is 1.00 bits per heavy atom. The number of furan rings is 1. The van der Waals surface area contributed by atoms with E-state index in [1.54, 1.807) is 0 Å². The van der Waals surface area contributed by atoms with E-state index in [1.807, 2.05) is 53.8 Å². The largest absolute Gasteiger partial charge is 0.455 e.